The predicted molar refractivity (Wildman–Crippen MR) is 137 cm³/mol. The number of halogens is 3. The molecule has 0 N–H and O–H groups in total. The van der Waals surface area contributed by atoms with Gasteiger partial charge < -0.3 is 19.1 Å². The highest BCUT2D eigenvalue weighted by Gasteiger charge is 2.53. The third-order valence-corrected chi connectivity index (χ3v) is 7.27. The SMILES string of the molecule is CC(C)(C)OC(=O)N1CCC2(CC1)C(=O)N(Cc1nc3ncccc3n1CCCC(F)(F)F)c1cnccc12. The highest BCUT2D eigenvalue weighted by atomic mass is 19.4. The molecule has 2 aliphatic rings. The van der Waals surface area contributed by atoms with Gasteiger partial charge in [-0.2, -0.15) is 13.2 Å². The predicted octanol–water partition coefficient (Wildman–Crippen LogP) is 4.98. The zero-order valence-electron chi connectivity index (χ0n) is 22.2. The van der Waals surface area contributed by atoms with E-state index < -0.39 is 29.7 Å². The van der Waals surface area contributed by atoms with Crippen molar-refractivity contribution in [3.05, 3.63) is 48.2 Å². The summed E-state index contributed by atoms with van der Waals surface area (Å²) in [5, 5.41) is 0. The number of nitrogens with zero attached hydrogens (tertiary/aromatic N) is 6. The summed E-state index contributed by atoms with van der Waals surface area (Å²) in [5.74, 6) is 0.327. The first-order valence-corrected chi connectivity index (χ1v) is 13.0. The molecule has 9 nitrogen and oxygen atoms in total. The van der Waals surface area contributed by atoms with Gasteiger partial charge in [-0.05, 0) is 63.8 Å². The molecule has 12 heteroatoms. The molecule has 0 aliphatic carbocycles. The third kappa shape index (κ3) is 5.28. The largest absolute Gasteiger partial charge is 0.444 e. The lowest BCUT2D eigenvalue weighted by Gasteiger charge is -2.38. The highest BCUT2D eigenvalue weighted by Crippen LogP contribution is 2.48. The van der Waals surface area contributed by atoms with Gasteiger partial charge in [0.1, 0.15) is 11.4 Å². The first-order valence-electron chi connectivity index (χ1n) is 13.0. The van der Waals surface area contributed by atoms with Crippen molar-refractivity contribution in [1.29, 1.82) is 0 Å². The molecule has 3 aromatic heterocycles. The van der Waals surface area contributed by atoms with Gasteiger partial charge in [-0.15, -0.1) is 0 Å². The summed E-state index contributed by atoms with van der Waals surface area (Å²) in [6.45, 7) is 6.30. The molecule has 0 aromatic carbocycles. The van der Waals surface area contributed by atoms with Crippen molar-refractivity contribution in [3.8, 4) is 0 Å². The Balaban J connectivity index is 1.42. The van der Waals surface area contributed by atoms with Crippen LogP contribution in [0.5, 0.6) is 0 Å². The highest BCUT2D eigenvalue weighted by molar-refractivity contribution is 6.08. The van der Waals surface area contributed by atoms with E-state index >= 15 is 0 Å². The molecular formula is C27H31F3N6O3. The number of aromatic nitrogens is 4. The van der Waals surface area contributed by atoms with Crippen LogP contribution < -0.4 is 4.90 Å². The molecule has 0 saturated carbocycles. The third-order valence-electron chi connectivity index (χ3n) is 7.27. The average molecular weight is 545 g/mol. The molecule has 39 heavy (non-hydrogen) atoms. The van der Waals surface area contributed by atoms with Crippen LogP contribution in [0.25, 0.3) is 11.2 Å². The first-order chi connectivity index (χ1) is 18.4. The van der Waals surface area contributed by atoms with E-state index in [2.05, 4.69) is 15.0 Å². The van der Waals surface area contributed by atoms with Gasteiger partial charge in [0.15, 0.2) is 5.65 Å². The van der Waals surface area contributed by atoms with Crippen molar-refractivity contribution in [2.75, 3.05) is 18.0 Å². The average Bonchev–Trinajstić information content (AvgIpc) is 3.32. The Hall–Kier alpha value is -3.70. The Morgan fingerprint density at radius 2 is 1.87 bits per heavy atom. The lowest BCUT2D eigenvalue weighted by molar-refractivity contribution is -0.135. The number of carbonyl (C=O) groups is 2. The van der Waals surface area contributed by atoms with Crippen LogP contribution in [0.15, 0.2) is 36.8 Å². The van der Waals surface area contributed by atoms with Crippen molar-refractivity contribution >= 4 is 28.9 Å². The molecule has 3 aromatic rings. The number of pyridine rings is 2. The second-order valence-electron chi connectivity index (χ2n) is 11.1. The summed E-state index contributed by atoms with van der Waals surface area (Å²) in [5.41, 5.74) is 1.07. The molecular weight excluding hydrogens is 513 g/mol. The summed E-state index contributed by atoms with van der Waals surface area (Å²) < 4.78 is 45.9. The maximum absolute atomic E-state index is 14.1. The lowest BCUT2D eigenvalue weighted by atomic mass is 9.74. The second-order valence-corrected chi connectivity index (χ2v) is 11.1. The van der Waals surface area contributed by atoms with E-state index in [1.54, 1.807) is 45.1 Å². The summed E-state index contributed by atoms with van der Waals surface area (Å²) in [7, 11) is 0. The first kappa shape index (κ1) is 26.9. The number of carbonyl (C=O) groups excluding carboxylic acids is 2. The molecule has 1 spiro atoms. The molecule has 2 aliphatic heterocycles. The summed E-state index contributed by atoms with van der Waals surface area (Å²) >= 11 is 0. The topological polar surface area (TPSA) is 93.5 Å². The molecule has 0 bridgehead atoms. The van der Waals surface area contributed by atoms with Gasteiger partial charge in [0.05, 0.1) is 29.4 Å². The number of likely N-dealkylation sites (tertiary alicyclic amines) is 1. The van der Waals surface area contributed by atoms with E-state index in [0.29, 0.717) is 48.6 Å². The number of amides is 2. The van der Waals surface area contributed by atoms with Gasteiger partial charge >= 0.3 is 12.3 Å². The van der Waals surface area contributed by atoms with Crippen molar-refractivity contribution in [1.82, 2.24) is 24.4 Å². The van der Waals surface area contributed by atoms with Gasteiger partial charge in [-0.3, -0.25) is 9.78 Å². The zero-order chi connectivity index (χ0) is 28.0. The number of aryl methyl sites for hydroxylation is 1. The molecule has 0 atom stereocenters. The molecule has 208 valence electrons. The molecule has 1 saturated heterocycles. The van der Waals surface area contributed by atoms with E-state index in [0.717, 1.165) is 5.56 Å². The molecule has 0 radical (unpaired) electrons. The van der Waals surface area contributed by atoms with Crippen LogP contribution in [0.4, 0.5) is 23.7 Å². The van der Waals surface area contributed by atoms with Crippen molar-refractivity contribution in [2.24, 2.45) is 0 Å². The smallest absolute Gasteiger partial charge is 0.410 e. The van der Waals surface area contributed by atoms with E-state index in [1.165, 1.54) is 0 Å². The van der Waals surface area contributed by atoms with Crippen LogP contribution in [-0.2, 0) is 28.0 Å². The second kappa shape index (κ2) is 9.80. The fourth-order valence-electron chi connectivity index (χ4n) is 5.48. The van der Waals surface area contributed by atoms with E-state index in [9.17, 15) is 22.8 Å². The Bertz CT molecular complexity index is 1390. The van der Waals surface area contributed by atoms with Crippen LogP contribution in [0.1, 0.15) is 57.8 Å². The van der Waals surface area contributed by atoms with Gasteiger partial charge in [-0.25, -0.2) is 14.8 Å². The maximum atomic E-state index is 14.1. The van der Waals surface area contributed by atoms with Crippen molar-refractivity contribution in [3.63, 3.8) is 0 Å². The number of anilines is 1. The van der Waals surface area contributed by atoms with E-state index in [1.807, 2.05) is 26.8 Å². The monoisotopic (exact) mass is 544 g/mol. The summed E-state index contributed by atoms with van der Waals surface area (Å²) in [6, 6.07) is 5.31. The van der Waals surface area contributed by atoms with Crippen LogP contribution in [0.2, 0.25) is 0 Å². The molecule has 5 heterocycles. The zero-order valence-corrected chi connectivity index (χ0v) is 22.2. The number of hydrogen-bond donors (Lipinski definition) is 0. The van der Waals surface area contributed by atoms with Gasteiger partial charge in [0.2, 0.25) is 5.91 Å². The summed E-state index contributed by atoms with van der Waals surface area (Å²) in [6.07, 6.45) is -0.00548. The Labute approximate surface area is 224 Å². The van der Waals surface area contributed by atoms with Crippen molar-refractivity contribution in [2.45, 2.75) is 76.7 Å². The fraction of sp³-hybridized carbons (Fsp3) is 0.519. The number of fused-ring (bicyclic) bond motifs is 3. The Morgan fingerprint density at radius 1 is 1.13 bits per heavy atom. The number of rotatable bonds is 5. The van der Waals surface area contributed by atoms with Gasteiger partial charge in [0, 0.05) is 38.4 Å². The number of ether oxygens (including phenoxy) is 1. The minimum Gasteiger partial charge on any atom is -0.444 e. The van der Waals surface area contributed by atoms with Crippen LogP contribution in [0.3, 0.4) is 0 Å². The normalized spacial score (nSPS) is 17.2. The minimum atomic E-state index is -4.26. The number of hydrogen-bond acceptors (Lipinski definition) is 6. The fourth-order valence-corrected chi connectivity index (χ4v) is 5.48. The quantitative estimate of drug-likeness (QED) is 0.450. The molecule has 5 rings (SSSR count). The Morgan fingerprint density at radius 3 is 2.56 bits per heavy atom. The number of piperidine rings is 1. The molecule has 1 fully saturated rings. The minimum absolute atomic E-state index is 0.0669. The standard InChI is InChI=1S/C27H31F3N6O3/c1-25(2,3)39-24(38)34-14-9-26(10-15-34)18-7-12-31-16-20(18)36(23(26)37)17-21-33-22-19(6-4-11-32-22)35(21)13-5-8-27(28,29)30/h4,6-7,11-12,16H,5,8-10,13-15,17H2,1-3H3. The van der Waals surface area contributed by atoms with E-state index in [4.69, 9.17) is 4.74 Å². The van der Waals surface area contributed by atoms with Crippen molar-refractivity contribution < 1.29 is 27.5 Å². The number of alkyl halides is 3. The number of imidazole rings is 1. The molecule has 0 unspecified atom stereocenters. The van der Waals surface area contributed by atoms with Crippen LogP contribution in [0, 0.1) is 0 Å². The van der Waals surface area contributed by atoms with Gasteiger partial charge in [0.25, 0.3) is 0 Å². The van der Waals surface area contributed by atoms with Crippen LogP contribution in [-0.4, -0.2) is 61.3 Å². The summed E-state index contributed by atoms with van der Waals surface area (Å²) in [4.78, 5) is 43.1. The molecule has 2 amide bonds. The maximum Gasteiger partial charge on any atom is 0.410 e. The Kier molecular flexibility index (Phi) is 6.76. The van der Waals surface area contributed by atoms with E-state index in [-0.39, 0.29) is 25.4 Å². The van der Waals surface area contributed by atoms with Crippen LogP contribution >= 0.6 is 0 Å². The van der Waals surface area contributed by atoms with Gasteiger partial charge in [-0.1, -0.05) is 0 Å². The lowest BCUT2D eigenvalue weighted by Crippen LogP contribution is -2.51.